The molecule has 0 spiro atoms. The molecule has 2 rings (SSSR count). The van der Waals surface area contributed by atoms with Gasteiger partial charge in [-0.3, -0.25) is 14.3 Å². The number of anilines is 1. The molecular formula is C14H17BrN4O3S. The van der Waals surface area contributed by atoms with Gasteiger partial charge in [0.2, 0.25) is 5.91 Å². The number of aryl methyl sites for hydroxylation is 2. The van der Waals surface area contributed by atoms with Gasteiger partial charge >= 0.3 is 5.97 Å². The summed E-state index contributed by atoms with van der Waals surface area (Å²) < 4.78 is 7.49. The van der Waals surface area contributed by atoms with E-state index in [1.165, 1.54) is 11.3 Å². The summed E-state index contributed by atoms with van der Waals surface area (Å²) in [5.74, 6) is -0.471. The van der Waals surface area contributed by atoms with E-state index in [2.05, 4.69) is 31.3 Å². The van der Waals surface area contributed by atoms with Crippen LogP contribution in [0.15, 0.2) is 16.0 Å². The molecule has 0 unspecified atom stereocenters. The lowest BCUT2D eigenvalue weighted by Crippen LogP contribution is -2.15. The predicted molar refractivity (Wildman–Crippen MR) is 90.4 cm³/mol. The minimum atomic E-state index is -0.324. The zero-order valence-electron chi connectivity index (χ0n) is 12.8. The Hall–Kier alpha value is -1.74. The standard InChI is InChI=1S/C14H17BrN4O3S/c1-3-22-13(21)6-10-8-23-14(16-10)17-12(20)4-5-19-7-11(15)9(2)18-19/h7-8H,3-6H2,1-2H3,(H,16,17,20). The Kier molecular flexibility index (Phi) is 6.28. The molecular weight excluding hydrogens is 384 g/mol. The summed E-state index contributed by atoms with van der Waals surface area (Å²) in [6, 6.07) is 0. The number of hydrogen-bond donors (Lipinski definition) is 1. The molecule has 0 aliphatic heterocycles. The molecule has 2 aromatic heterocycles. The van der Waals surface area contributed by atoms with Gasteiger partial charge in [-0.2, -0.15) is 5.10 Å². The summed E-state index contributed by atoms with van der Waals surface area (Å²) in [5.41, 5.74) is 1.48. The third kappa shape index (κ3) is 5.43. The Labute approximate surface area is 146 Å². The predicted octanol–water partition coefficient (Wildman–Crippen LogP) is 2.54. The molecule has 0 aliphatic rings. The van der Waals surface area contributed by atoms with Crippen molar-refractivity contribution < 1.29 is 14.3 Å². The van der Waals surface area contributed by atoms with Crippen LogP contribution in [0.3, 0.4) is 0 Å². The van der Waals surface area contributed by atoms with Gasteiger partial charge in [0.25, 0.3) is 0 Å². The van der Waals surface area contributed by atoms with Gasteiger partial charge in [-0.1, -0.05) is 0 Å². The minimum absolute atomic E-state index is 0.112. The fraction of sp³-hybridized carbons (Fsp3) is 0.429. The zero-order chi connectivity index (χ0) is 16.8. The van der Waals surface area contributed by atoms with E-state index in [9.17, 15) is 9.59 Å². The number of ether oxygens (including phenoxy) is 1. The quantitative estimate of drug-likeness (QED) is 0.721. The molecule has 0 saturated carbocycles. The van der Waals surface area contributed by atoms with E-state index in [1.54, 1.807) is 17.0 Å². The average Bonchev–Trinajstić information content (AvgIpc) is 3.04. The van der Waals surface area contributed by atoms with Crippen LogP contribution in [0.1, 0.15) is 24.7 Å². The first-order chi connectivity index (χ1) is 11.0. The van der Waals surface area contributed by atoms with Crippen LogP contribution in [-0.2, 0) is 27.3 Å². The highest BCUT2D eigenvalue weighted by Crippen LogP contribution is 2.17. The summed E-state index contributed by atoms with van der Waals surface area (Å²) >= 11 is 4.67. The molecule has 1 N–H and O–H groups in total. The molecule has 2 heterocycles. The molecule has 23 heavy (non-hydrogen) atoms. The fourth-order valence-corrected chi connectivity index (χ4v) is 2.85. The first-order valence-corrected chi connectivity index (χ1v) is 8.74. The van der Waals surface area contributed by atoms with E-state index >= 15 is 0 Å². The zero-order valence-corrected chi connectivity index (χ0v) is 15.2. The van der Waals surface area contributed by atoms with Crippen LogP contribution >= 0.6 is 27.3 Å². The SMILES string of the molecule is CCOC(=O)Cc1csc(NC(=O)CCn2cc(Br)c(C)n2)n1. The Morgan fingerprint density at radius 2 is 2.26 bits per heavy atom. The van der Waals surface area contributed by atoms with Crippen molar-refractivity contribution >= 4 is 44.3 Å². The normalized spacial score (nSPS) is 10.6. The second-order valence-electron chi connectivity index (χ2n) is 4.75. The molecule has 0 saturated heterocycles. The summed E-state index contributed by atoms with van der Waals surface area (Å²) in [6.07, 6.45) is 2.24. The van der Waals surface area contributed by atoms with Crippen molar-refractivity contribution in [3.05, 3.63) is 27.4 Å². The van der Waals surface area contributed by atoms with Crippen molar-refractivity contribution in [1.29, 1.82) is 0 Å². The van der Waals surface area contributed by atoms with Crippen molar-refractivity contribution in [1.82, 2.24) is 14.8 Å². The summed E-state index contributed by atoms with van der Waals surface area (Å²) in [7, 11) is 0. The van der Waals surface area contributed by atoms with Gasteiger partial charge < -0.3 is 10.1 Å². The van der Waals surface area contributed by atoms with E-state index < -0.39 is 0 Å². The molecule has 0 radical (unpaired) electrons. The minimum Gasteiger partial charge on any atom is -0.466 e. The molecule has 0 fully saturated rings. The van der Waals surface area contributed by atoms with Crippen LogP contribution in [0.4, 0.5) is 5.13 Å². The van der Waals surface area contributed by atoms with Gasteiger partial charge in [-0.05, 0) is 29.8 Å². The lowest BCUT2D eigenvalue weighted by Gasteiger charge is -2.02. The molecule has 0 bridgehead atoms. The largest absolute Gasteiger partial charge is 0.466 e. The lowest BCUT2D eigenvalue weighted by molar-refractivity contribution is -0.142. The van der Waals surface area contributed by atoms with E-state index in [0.29, 0.717) is 30.4 Å². The number of nitrogens with one attached hydrogen (secondary N) is 1. The van der Waals surface area contributed by atoms with Gasteiger partial charge in [0, 0.05) is 24.5 Å². The summed E-state index contributed by atoms with van der Waals surface area (Å²) in [5, 5.41) is 9.21. The second-order valence-corrected chi connectivity index (χ2v) is 6.46. The first kappa shape index (κ1) is 17.6. The van der Waals surface area contributed by atoms with Crippen LogP contribution in [0.25, 0.3) is 0 Å². The molecule has 0 aromatic carbocycles. The second kappa shape index (κ2) is 8.21. The first-order valence-electron chi connectivity index (χ1n) is 7.07. The fourth-order valence-electron chi connectivity index (χ4n) is 1.81. The number of nitrogens with zero attached hydrogens (tertiary/aromatic N) is 3. The monoisotopic (exact) mass is 400 g/mol. The number of rotatable bonds is 7. The van der Waals surface area contributed by atoms with Crippen molar-refractivity contribution in [2.75, 3.05) is 11.9 Å². The smallest absolute Gasteiger partial charge is 0.311 e. The average molecular weight is 401 g/mol. The van der Waals surface area contributed by atoms with E-state index in [4.69, 9.17) is 4.74 Å². The number of halogens is 1. The summed E-state index contributed by atoms with van der Waals surface area (Å²) in [6.45, 7) is 4.47. The van der Waals surface area contributed by atoms with E-state index in [1.807, 2.05) is 13.1 Å². The van der Waals surface area contributed by atoms with E-state index in [0.717, 1.165) is 10.2 Å². The van der Waals surface area contributed by atoms with Gasteiger partial charge in [0.05, 0.1) is 28.9 Å². The maximum absolute atomic E-state index is 11.9. The number of carbonyl (C=O) groups excluding carboxylic acids is 2. The molecule has 1 amide bonds. The molecule has 7 nitrogen and oxygen atoms in total. The van der Waals surface area contributed by atoms with Crippen molar-refractivity contribution in [3.8, 4) is 0 Å². The number of carbonyl (C=O) groups is 2. The molecule has 2 aromatic rings. The van der Waals surface area contributed by atoms with Crippen LogP contribution in [0.5, 0.6) is 0 Å². The van der Waals surface area contributed by atoms with Crippen molar-refractivity contribution in [2.45, 2.75) is 33.2 Å². The molecule has 124 valence electrons. The molecule has 9 heteroatoms. The molecule has 0 atom stereocenters. The Morgan fingerprint density at radius 3 is 2.91 bits per heavy atom. The van der Waals surface area contributed by atoms with Crippen LogP contribution < -0.4 is 5.32 Å². The van der Waals surface area contributed by atoms with Crippen LogP contribution in [-0.4, -0.2) is 33.2 Å². The third-order valence-electron chi connectivity index (χ3n) is 2.88. The highest BCUT2D eigenvalue weighted by molar-refractivity contribution is 9.10. The third-order valence-corrected chi connectivity index (χ3v) is 4.47. The number of amides is 1. The van der Waals surface area contributed by atoms with Crippen molar-refractivity contribution in [2.24, 2.45) is 0 Å². The number of esters is 1. The van der Waals surface area contributed by atoms with Gasteiger partial charge in [0.1, 0.15) is 0 Å². The van der Waals surface area contributed by atoms with Gasteiger partial charge in [-0.25, -0.2) is 4.98 Å². The van der Waals surface area contributed by atoms with Crippen LogP contribution in [0.2, 0.25) is 0 Å². The lowest BCUT2D eigenvalue weighted by atomic mass is 10.3. The van der Waals surface area contributed by atoms with E-state index in [-0.39, 0.29) is 18.3 Å². The Morgan fingerprint density at radius 1 is 1.48 bits per heavy atom. The summed E-state index contributed by atoms with van der Waals surface area (Å²) in [4.78, 5) is 27.5. The topological polar surface area (TPSA) is 86.1 Å². The Bertz CT molecular complexity index is 679. The highest BCUT2D eigenvalue weighted by atomic mass is 79.9. The van der Waals surface area contributed by atoms with Crippen molar-refractivity contribution in [3.63, 3.8) is 0 Å². The van der Waals surface area contributed by atoms with Gasteiger partial charge in [0.15, 0.2) is 5.13 Å². The number of thiazole rings is 1. The Balaban J connectivity index is 1.81. The number of hydrogen-bond acceptors (Lipinski definition) is 6. The maximum Gasteiger partial charge on any atom is 0.311 e. The highest BCUT2D eigenvalue weighted by Gasteiger charge is 2.11. The molecule has 0 aliphatic carbocycles. The maximum atomic E-state index is 11.9. The van der Waals surface area contributed by atoms with Gasteiger partial charge in [-0.15, -0.1) is 11.3 Å². The van der Waals surface area contributed by atoms with Crippen LogP contribution in [0, 0.1) is 6.92 Å². The number of aromatic nitrogens is 3.